The molecule has 1 aromatic rings. The summed E-state index contributed by atoms with van der Waals surface area (Å²) in [6, 6.07) is 5.58. The molecule has 1 atom stereocenters. The molecule has 1 unspecified atom stereocenters. The number of hydrogen-bond acceptors (Lipinski definition) is 2. The van der Waals surface area contributed by atoms with E-state index in [4.69, 9.17) is 9.84 Å². The minimum atomic E-state index is -6.17. The van der Waals surface area contributed by atoms with Gasteiger partial charge >= 0.3 is 18.0 Å². The van der Waals surface area contributed by atoms with Crippen LogP contribution in [0.2, 0.25) is 0 Å². The largest absolute Gasteiger partial charge is 0.488 e. The number of halogens is 7. The Hall–Kier alpha value is -1.45. The standard InChI is InChI=1S/C12H12BF7O2/c13-7-1-3-8(4-2-7)22-9(6-21)5-10(14,11(15,16)17)12(18,19)20/h1-4,9,21H,5-6,13H2. The Balaban J connectivity index is 2.97. The van der Waals surface area contributed by atoms with Gasteiger partial charge in [-0.15, -0.1) is 0 Å². The predicted octanol–water partition coefficient (Wildman–Crippen LogP) is 1.91. The molecular formula is C12H12BF7O2. The van der Waals surface area contributed by atoms with Crippen molar-refractivity contribution in [3.05, 3.63) is 24.3 Å². The van der Waals surface area contributed by atoms with Gasteiger partial charge in [0, 0.05) is 6.42 Å². The first kappa shape index (κ1) is 18.6. The van der Waals surface area contributed by atoms with Crippen molar-refractivity contribution in [2.75, 3.05) is 6.61 Å². The molecule has 124 valence electrons. The summed E-state index contributed by atoms with van der Waals surface area (Å²) in [6.45, 7) is -1.20. The Labute approximate surface area is 122 Å². The predicted molar refractivity (Wildman–Crippen MR) is 66.7 cm³/mol. The van der Waals surface area contributed by atoms with E-state index < -0.39 is 37.2 Å². The summed E-state index contributed by atoms with van der Waals surface area (Å²) < 4.78 is 93.1. The third-order valence-corrected chi connectivity index (χ3v) is 2.93. The fourth-order valence-electron chi connectivity index (χ4n) is 1.66. The Morgan fingerprint density at radius 3 is 1.77 bits per heavy atom. The van der Waals surface area contributed by atoms with Gasteiger partial charge < -0.3 is 9.84 Å². The average molecular weight is 332 g/mol. The zero-order valence-corrected chi connectivity index (χ0v) is 11.3. The van der Waals surface area contributed by atoms with Crippen LogP contribution in [0.3, 0.4) is 0 Å². The van der Waals surface area contributed by atoms with Crippen molar-refractivity contribution in [3.8, 4) is 5.75 Å². The molecular weight excluding hydrogens is 320 g/mol. The van der Waals surface area contributed by atoms with Crippen molar-refractivity contribution in [2.24, 2.45) is 0 Å². The Morgan fingerprint density at radius 1 is 0.955 bits per heavy atom. The summed E-state index contributed by atoms with van der Waals surface area (Å²) in [4.78, 5) is 0. The highest BCUT2D eigenvalue weighted by atomic mass is 19.4. The lowest BCUT2D eigenvalue weighted by molar-refractivity contribution is -0.347. The minimum Gasteiger partial charge on any atom is -0.488 e. The summed E-state index contributed by atoms with van der Waals surface area (Å²) in [5.74, 6) is -0.0728. The molecule has 2 nitrogen and oxygen atoms in total. The van der Waals surface area contributed by atoms with Crippen LogP contribution in [0.15, 0.2) is 24.3 Å². The molecule has 0 amide bonds. The summed E-state index contributed by atoms with van der Waals surface area (Å²) in [5.41, 5.74) is -4.68. The van der Waals surface area contributed by atoms with Gasteiger partial charge in [-0.2, -0.15) is 26.3 Å². The molecule has 0 fully saturated rings. The van der Waals surface area contributed by atoms with E-state index in [1.54, 1.807) is 7.85 Å². The van der Waals surface area contributed by atoms with Gasteiger partial charge in [0.25, 0.3) is 0 Å². The summed E-state index contributed by atoms with van der Waals surface area (Å²) in [6.07, 6.45) is -16.4. The summed E-state index contributed by atoms with van der Waals surface area (Å²) >= 11 is 0. The first-order chi connectivity index (χ1) is 9.90. The molecule has 0 aromatic heterocycles. The smallest absolute Gasteiger partial charge is 0.431 e. The van der Waals surface area contributed by atoms with Gasteiger partial charge in [0.05, 0.1) is 6.61 Å². The number of aliphatic hydroxyl groups excluding tert-OH is 1. The Kier molecular flexibility index (Phi) is 5.37. The molecule has 0 aliphatic rings. The molecule has 22 heavy (non-hydrogen) atoms. The third kappa shape index (κ3) is 4.05. The highest BCUT2D eigenvalue weighted by molar-refractivity contribution is 6.32. The Bertz CT molecular complexity index is 470. The molecule has 10 heteroatoms. The molecule has 0 spiro atoms. The van der Waals surface area contributed by atoms with Crippen LogP contribution in [0, 0.1) is 0 Å². The highest BCUT2D eigenvalue weighted by Gasteiger charge is 2.72. The molecule has 1 rings (SSSR count). The van der Waals surface area contributed by atoms with Gasteiger partial charge in [0.1, 0.15) is 19.7 Å². The highest BCUT2D eigenvalue weighted by Crippen LogP contribution is 2.49. The number of benzene rings is 1. The first-order valence-electron chi connectivity index (χ1n) is 6.07. The van der Waals surface area contributed by atoms with Crippen molar-refractivity contribution in [2.45, 2.75) is 30.5 Å². The van der Waals surface area contributed by atoms with Crippen LogP contribution in [0.4, 0.5) is 30.7 Å². The van der Waals surface area contributed by atoms with Crippen LogP contribution in [-0.4, -0.2) is 43.7 Å². The van der Waals surface area contributed by atoms with Crippen molar-refractivity contribution in [1.29, 1.82) is 0 Å². The first-order valence-corrected chi connectivity index (χ1v) is 6.07. The molecule has 1 N–H and O–H groups in total. The maximum Gasteiger partial charge on any atom is 0.431 e. The zero-order chi connectivity index (χ0) is 17.2. The van der Waals surface area contributed by atoms with E-state index in [9.17, 15) is 30.7 Å². The molecule has 0 saturated carbocycles. The van der Waals surface area contributed by atoms with Crippen LogP contribution in [-0.2, 0) is 0 Å². The van der Waals surface area contributed by atoms with Crippen molar-refractivity contribution in [3.63, 3.8) is 0 Å². The molecule has 0 aliphatic heterocycles. The normalized spacial score (nSPS) is 14.7. The van der Waals surface area contributed by atoms with Crippen LogP contribution < -0.4 is 10.2 Å². The third-order valence-electron chi connectivity index (χ3n) is 2.93. The second-order valence-electron chi connectivity index (χ2n) is 4.74. The average Bonchev–Trinajstić information content (AvgIpc) is 2.37. The maximum absolute atomic E-state index is 13.6. The van der Waals surface area contributed by atoms with Gasteiger partial charge in [0.15, 0.2) is 0 Å². The van der Waals surface area contributed by atoms with Gasteiger partial charge in [-0.1, -0.05) is 17.6 Å². The minimum absolute atomic E-state index is 0.0728. The van der Waals surface area contributed by atoms with Gasteiger partial charge in [-0.25, -0.2) is 4.39 Å². The molecule has 0 aliphatic carbocycles. The van der Waals surface area contributed by atoms with Crippen LogP contribution in [0.25, 0.3) is 0 Å². The van der Waals surface area contributed by atoms with Gasteiger partial charge in [0.2, 0.25) is 0 Å². The van der Waals surface area contributed by atoms with Crippen molar-refractivity contribution < 1.29 is 40.6 Å². The van der Waals surface area contributed by atoms with E-state index in [1.807, 2.05) is 0 Å². The monoisotopic (exact) mass is 332 g/mol. The number of aliphatic hydroxyl groups is 1. The van der Waals surface area contributed by atoms with Gasteiger partial charge in [-0.3, -0.25) is 0 Å². The van der Waals surface area contributed by atoms with E-state index in [2.05, 4.69) is 0 Å². The van der Waals surface area contributed by atoms with Crippen molar-refractivity contribution in [1.82, 2.24) is 0 Å². The van der Waals surface area contributed by atoms with E-state index in [0.29, 0.717) is 0 Å². The quantitative estimate of drug-likeness (QED) is 0.659. The number of hydrogen-bond donors (Lipinski definition) is 1. The lowest BCUT2D eigenvalue weighted by Crippen LogP contribution is -2.55. The lowest BCUT2D eigenvalue weighted by Gasteiger charge is -2.32. The molecule has 0 bridgehead atoms. The number of alkyl halides is 7. The van der Waals surface area contributed by atoms with E-state index in [0.717, 1.165) is 5.46 Å². The summed E-state index contributed by atoms with van der Waals surface area (Å²) in [7, 11) is 1.70. The number of ether oxygens (including phenoxy) is 1. The maximum atomic E-state index is 13.6. The van der Waals surface area contributed by atoms with Crippen LogP contribution in [0.5, 0.6) is 5.75 Å². The van der Waals surface area contributed by atoms with E-state index in [-0.39, 0.29) is 5.75 Å². The number of rotatable bonds is 5. The SMILES string of the molecule is Bc1ccc(OC(CO)CC(F)(C(F)(F)F)C(F)(F)F)cc1. The van der Waals surface area contributed by atoms with Crippen LogP contribution >= 0.6 is 0 Å². The fraction of sp³-hybridized carbons (Fsp3) is 0.500. The molecule has 0 radical (unpaired) electrons. The van der Waals surface area contributed by atoms with Crippen LogP contribution in [0.1, 0.15) is 6.42 Å². The summed E-state index contributed by atoms with van der Waals surface area (Å²) in [5, 5.41) is 8.91. The Morgan fingerprint density at radius 2 is 1.41 bits per heavy atom. The molecule has 1 aromatic carbocycles. The van der Waals surface area contributed by atoms with Gasteiger partial charge in [-0.05, 0) is 12.1 Å². The second-order valence-corrected chi connectivity index (χ2v) is 4.74. The molecule has 0 saturated heterocycles. The van der Waals surface area contributed by atoms with E-state index >= 15 is 0 Å². The lowest BCUT2D eigenvalue weighted by atomic mass is 9.96. The fourth-order valence-corrected chi connectivity index (χ4v) is 1.66. The van der Waals surface area contributed by atoms with E-state index in [1.165, 1.54) is 24.3 Å². The second kappa shape index (κ2) is 6.35. The zero-order valence-electron chi connectivity index (χ0n) is 11.3. The van der Waals surface area contributed by atoms with Crippen molar-refractivity contribution >= 4 is 13.3 Å². The topological polar surface area (TPSA) is 29.5 Å². The molecule has 0 heterocycles.